The molecular weight excluding hydrogens is 424 g/mol. The highest BCUT2D eigenvalue weighted by Gasteiger charge is 2.18. The van der Waals surface area contributed by atoms with E-state index in [1.807, 2.05) is 39.1 Å². The lowest BCUT2D eigenvalue weighted by Crippen LogP contribution is -2.27. The fraction of sp³-hybridized carbons (Fsp3) is 0.417. The summed E-state index contributed by atoms with van der Waals surface area (Å²) in [6.45, 7) is 7.96. The predicted molar refractivity (Wildman–Crippen MR) is 124 cm³/mol. The van der Waals surface area contributed by atoms with Crippen molar-refractivity contribution in [3.8, 4) is 16.3 Å². The van der Waals surface area contributed by atoms with Crippen molar-refractivity contribution in [1.29, 1.82) is 0 Å². The van der Waals surface area contributed by atoms with E-state index in [9.17, 15) is 4.79 Å². The molecule has 3 aromatic rings. The molecule has 0 aliphatic carbocycles. The van der Waals surface area contributed by atoms with Crippen LogP contribution in [0.5, 0.6) is 5.75 Å². The zero-order valence-corrected chi connectivity index (χ0v) is 19.4. The van der Waals surface area contributed by atoms with Crippen LogP contribution in [0.2, 0.25) is 0 Å². The quantitative estimate of drug-likeness (QED) is 0.567. The second-order valence-corrected chi connectivity index (χ2v) is 9.40. The molecule has 1 aliphatic rings. The van der Waals surface area contributed by atoms with E-state index in [0.717, 1.165) is 47.2 Å². The van der Waals surface area contributed by atoms with E-state index in [1.165, 1.54) is 0 Å². The fourth-order valence-corrected chi connectivity index (χ4v) is 4.28. The lowest BCUT2D eigenvalue weighted by Gasteiger charge is -2.22. The summed E-state index contributed by atoms with van der Waals surface area (Å²) < 4.78 is 11.6. The highest BCUT2D eigenvalue weighted by atomic mass is 32.1. The van der Waals surface area contributed by atoms with Crippen LogP contribution in [-0.4, -0.2) is 40.7 Å². The van der Waals surface area contributed by atoms with E-state index < -0.39 is 0 Å². The second kappa shape index (κ2) is 10.2. The molecule has 3 heterocycles. The van der Waals surface area contributed by atoms with Crippen LogP contribution in [0.1, 0.15) is 52.4 Å². The third-order valence-electron chi connectivity index (χ3n) is 5.46. The first kappa shape index (κ1) is 22.4. The Balaban J connectivity index is 1.54. The number of benzene rings is 1. The minimum Gasteiger partial charge on any atom is -0.493 e. The van der Waals surface area contributed by atoms with Crippen LogP contribution in [0.4, 0.5) is 0 Å². The minimum atomic E-state index is -0.270. The van der Waals surface area contributed by atoms with E-state index in [2.05, 4.69) is 20.3 Å². The lowest BCUT2D eigenvalue weighted by molar-refractivity contribution is 0.0497. The number of carbonyl (C=O) groups excluding carboxylic acids is 1. The molecule has 0 radical (unpaired) electrons. The molecule has 168 valence electrons. The van der Waals surface area contributed by atoms with E-state index in [-0.39, 0.29) is 11.9 Å². The zero-order valence-electron chi connectivity index (χ0n) is 18.6. The van der Waals surface area contributed by atoms with Gasteiger partial charge in [0.25, 0.3) is 5.91 Å². The number of ether oxygens (including phenoxy) is 2. The number of hydrogen-bond acceptors (Lipinski definition) is 7. The molecule has 0 saturated carbocycles. The van der Waals surface area contributed by atoms with Gasteiger partial charge < -0.3 is 14.8 Å². The lowest BCUT2D eigenvalue weighted by atomic mass is 10.0. The van der Waals surface area contributed by atoms with Gasteiger partial charge >= 0.3 is 0 Å². The molecule has 32 heavy (non-hydrogen) atoms. The van der Waals surface area contributed by atoms with Crippen LogP contribution in [0.15, 0.2) is 36.8 Å². The molecule has 1 unspecified atom stereocenters. The summed E-state index contributed by atoms with van der Waals surface area (Å²) >= 11 is 1.60. The van der Waals surface area contributed by atoms with Gasteiger partial charge in [-0.2, -0.15) is 0 Å². The summed E-state index contributed by atoms with van der Waals surface area (Å²) in [6, 6.07) is 5.35. The molecule has 4 rings (SSSR count). The SMILES string of the molecule is Cc1cnc(C(C)NC(=O)c2cc(OCC3CCOCC3)cc(-c3ncc(C)s3)c2)cn1. The summed E-state index contributed by atoms with van der Waals surface area (Å²) in [5, 5.41) is 3.88. The average Bonchev–Trinajstić information content (AvgIpc) is 3.25. The van der Waals surface area contributed by atoms with Gasteiger partial charge in [-0.3, -0.25) is 14.8 Å². The first-order chi connectivity index (χ1) is 15.5. The molecule has 2 aromatic heterocycles. The average molecular weight is 453 g/mol. The zero-order chi connectivity index (χ0) is 22.5. The Morgan fingerprint density at radius 1 is 1.16 bits per heavy atom. The van der Waals surface area contributed by atoms with Gasteiger partial charge in [0.1, 0.15) is 10.8 Å². The van der Waals surface area contributed by atoms with Gasteiger partial charge in [0.15, 0.2) is 0 Å². The standard InChI is InChI=1S/C24H28N4O3S/c1-15-11-26-22(13-25-15)17(3)28-23(29)19-8-20(24-27-12-16(2)32-24)10-21(9-19)31-14-18-4-6-30-7-5-18/h8-13,17-18H,4-7,14H2,1-3H3,(H,28,29). The van der Waals surface area contributed by atoms with Crippen molar-refractivity contribution >= 4 is 17.2 Å². The Hall–Kier alpha value is -2.84. The molecule has 8 heteroatoms. The highest BCUT2D eigenvalue weighted by Crippen LogP contribution is 2.30. The highest BCUT2D eigenvalue weighted by molar-refractivity contribution is 7.14. The maximum Gasteiger partial charge on any atom is 0.251 e. The molecule has 1 aliphatic heterocycles. The number of thiazole rings is 1. The van der Waals surface area contributed by atoms with Crippen LogP contribution in [-0.2, 0) is 4.74 Å². The molecule has 1 saturated heterocycles. The molecule has 1 atom stereocenters. The smallest absolute Gasteiger partial charge is 0.251 e. The number of aryl methyl sites for hydroxylation is 2. The summed E-state index contributed by atoms with van der Waals surface area (Å²) in [7, 11) is 0. The number of aromatic nitrogens is 3. The van der Waals surface area contributed by atoms with Crippen molar-refractivity contribution in [3.05, 3.63) is 58.6 Å². The molecule has 0 spiro atoms. The summed E-state index contributed by atoms with van der Waals surface area (Å²) in [5.41, 5.74) is 2.96. The van der Waals surface area contributed by atoms with Crippen LogP contribution >= 0.6 is 11.3 Å². The minimum absolute atomic E-state index is 0.189. The number of carbonyl (C=O) groups is 1. The van der Waals surface area contributed by atoms with Gasteiger partial charge in [0.05, 0.1) is 30.2 Å². The number of hydrogen-bond donors (Lipinski definition) is 1. The van der Waals surface area contributed by atoms with E-state index >= 15 is 0 Å². The molecule has 1 amide bonds. The Morgan fingerprint density at radius 3 is 2.66 bits per heavy atom. The van der Waals surface area contributed by atoms with Crippen molar-refractivity contribution in [1.82, 2.24) is 20.3 Å². The predicted octanol–water partition coefficient (Wildman–Crippen LogP) is 4.51. The molecule has 0 bridgehead atoms. The molecule has 1 fully saturated rings. The first-order valence-electron chi connectivity index (χ1n) is 10.9. The third kappa shape index (κ3) is 5.69. The Bertz CT molecular complexity index is 1060. The Morgan fingerprint density at radius 2 is 1.97 bits per heavy atom. The van der Waals surface area contributed by atoms with Crippen LogP contribution in [0, 0.1) is 19.8 Å². The first-order valence-corrected chi connectivity index (χ1v) is 11.7. The Labute approximate surface area is 192 Å². The molecular formula is C24H28N4O3S. The van der Waals surface area contributed by atoms with Crippen molar-refractivity contribution in [2.75, 3.05) is 19.8 Å². The number of amides is 1. The van der Waals surface area contributed by atoms with Gasteiger partial charge in [-0.25, -0.2) is 4.98 Å². The fourth-order valence-electron chi connectivity index (χ4n) is 3.53. The summed E-state index contributed by atoms with van der Waals surface area (Å²) in [5.74, 6) is 0.951. The van der Waals surface area contributed by atoms with E-state index in [1.54, 1.807) is 29.8 Å². The van der Waals surface area contributed by atoms with Crippen molar-refractivity contribution in [2.45, 2.75) is 39.7 Å². The summed E-state index contributed by atoms with van der Waals surface area (Å²) in [4.78, 5) is 27.3. The van der Waals surface area contributed by atoms with E-state index in [4.69, 9.17) is 9.47 Å². The normalized spacial score (nSPS) is 15.3. The van der Waals surface area contributed by atoms with Gasteiger partial charge in [0.2, 0.25) is 0 Å². The maximum atomic E-state index is 13.1. The van der Waals surface area contributed by atoms with Gasteiger partial charge in [0, 0.05) is 41.6 Å². The van der Waals surface area contributed by atoms with Gasteiger partial charge in [-0.05, 0) is 57.7 Å². The van der Waals surface area contributed by atoms with Crippen molar-refractivity contribution in [2.24, 2.45) is 5.92 Å². The number of nitrogens with zero attached hydrogens (tertiary/aromatic N) is 3. The van der Waals surface area contributed by atoms with Crippen LogP contribution in [0.3, 0.4) is 0 Å². The topological polar surface area (TPSA) is 86.2 Å². The second-order valence-electron chi connectivity index (χ2n) is 8.17. The van der Waals surface area contributed by atoms with Gasteiger partial charge in [-0.1, -0.05) is 0 Å². The van der Waals surface area contributed by atoms with Crippen LogP contribution < -0.4 is 10.1 Å². The molecule has 7 nitrogen and oxygen atoms in total. The number of nitrogens with one attached hydrogen (secondary N) is 1. The third-order valence-corrected chi connectivity index (χ3v) is 6.42. The summed E-state index contributed by atoms with van der Waals surface area (Å²) in [6.07, 6.45) is 7.22. The molecule has 1 aromatic carbocycles. The van der Waals surface area contributed by atoms with Gasteiger partial charge in [-0.15, -0.1) is 11.3 Å². The largest absolute Gasteiger partial charge is 0.493 e. The van der Waals surface area contributed by atoms with E-state index in [0.29, 0.717) is 29.5 Å². The Kier molecular flexibility index (Phi) is 7.12. The number of rotatable bonds is 7. The maximum absolute atomic E-state index is 13.1. The van der Waals surface area contributed by atoms with Crippen LogP contribution in [0.25, 0.3) is 10.6 Å². The molecule has 1 N–H and O–H groups in total. The van der Waals surface area contributed by atoms with Crippen molar-refractivity contribution in [3.63, 3.8) is 0 Å². The van der Waals surface area contributed by atoms with Crippen molar-refractivity contribution < 1.29 is 14.3 Å². The monoisotopic (exact) mass is 452 g/mol.